The summed E-state index contributed by atoms with van der Waals surface area (Å²) in [5.41, 5.74) is 1.70. The second-order valence-electron chi connectivity index (χ2n) is 12.3. The monoisotopic (exact) mass is 751 g/mol. The van der Waals surface area contributed by atoms with Gasteiger partial charge >= 0.3 is 5.97 Å². The van der Waals surface area contributed by atoms with Gasteiger partial charge in [0.15, 0.2) is 5.84 Å². The number of halogens is 1. The Kier molecular flexibility index (Phi) is 20.8. The minimum absolute atomic E-state index is 0.0141. The molecule has 0 aliphatic carbocycles. The smallest absolute Gasteiger partial charge is 0.305 e. The number of carbonyl (C=O) groups excluding carboxylic acids is 2. The summed E-state index contributed by atoms with van der Waals surface area (Å²) in [6.45, 7) is 4.05. The molecule has 0 aliphatic rings. The SMILES string of the molecule is COC(=O)CCCCCOCCOCCOCCCCCCOc1ccc(F)c(CNC(=O)c2cccc(NCC(=N)N(C)C(=N)c3ccncn3)c2)c1. The molecule has 54 heavy (non-hydrogen) atoms. The Morgan fingerprint density at radius 3 is 2.20 bits per heavy atom. The molecule has 0 fully saturated rings. The molecular weight excluding hydrogens is 697 g/mol. The molecule has 0 saturated carbocycles. The van der Waals surface area contributed by atoms with Gasteiger partial charge in [0.25, 0.3) is 5.91 Å². The van der Waals surface area contributed by atoms with Gasteiger partial charge in [-0.1, -0.05) is 18.9 Å². The molecule has 15 heteroatoms. The minimum Gasteiger partial charge on any atom is -0.494 e. The number of amidine groups is 2. The summed E-state index contributed by atoms with van der Waals surface area (Å²) in [4.78, 5) is 33.3. The Morgan fingerprint density at radius 2 is 1.52 bits per heavy atom. The molecule has 0 bridgehead atoms. The van der Waals surface area contributed by atoms with E-state index in [2.05, 4.69) is 25.3 Å². The van der Waals surface area contributed by atoms with E-state index in [0.717, 1.165) is 44.9 Å². The van der Waals surface area contributed by atoms with E-state index in [9.17, 15) is 14.0 Å². The molecule has 0 radical (unpaired) electrons. The lowest BCUT2D eigenvalue weighted by Crippen LogP contribution is -2.37. The minimum atomic E-state index is -0.438. The number of aromatic nitrogens is 2. The third-order valence-corrected chi connectivity index (χ3v) is 8.20. The van der Waals surface area contributed by atoms with Crippen molar-refractivity contribution in [3.63, 3.8) is 0 Å². The molecule has 0 unspecified atom stereocenters. The van der Waals surface area contributed by atoms with E-state index in [1.165, 1.54) is 30.6 Å². The van der Waals surface area contributed by atoms with E-state index < -0.39 is 5.82 Å². The first-order chi connectivity index (χ1) is 26.3. The van der Waals surface area contributed by atoms with Crippen molar-refractivity contribution in [2.75, 3.05) is 72.3 Å². The van der Waals surface area contributed by atoms with Gasteiger partial charge in [-0.05, 0) is 74.6 Å². The topological polar surface area (TPSA) is 181 Å². The lowest BCUT2D eigenvalue weighted by atomic mass is 10.1. The van der Waals surface area contributed by atoms with Gasteiger partial charge in [-0.3, -0.25) is 20.4 Å². The number of unbranched alkanes of at least 4 members (excludes halogenated alkanes) is 5. The number of benzene rings is 2. The Morgan fingerprint density at radius 1 is 0.833 bits per heavy atom. The van der Waals surface area contributed by atoms with Gasteiger partial charge in [-0.25, -0.2) is 14.4 Å². The molecule has 1 heterocycles. The zero-order chi connectivity index (χ0) is 38.8. The number of hydrogen-bond donors (Lipinski definition) is 4. The van der Waals surface area contributed by atoms with Gasteiger partial charge in [0.1, 0.15) is 29.4 Å². The molecule has 0 saturated heterocycles. The number of nitrogens with one attached hydrogen (secondary N) is 4. The molecule has 2 aromatic carbocycles. The number of ether oxygens (including phenoxy) is 5. The van der Waals surface area contributed by atoms with Gasteiger partial charge in [-0.15, -0.1) is 0 Å². The molecule has 1 aromatic heterocycles. The fourth-order valence-electron chi connectivity index (χ4n) is 5.01. The first-order valence-corrected chi connectivity index (χ1v) is 18.3. The Labute approximate surface area is 317 Å². The molecule has 0 spiro atoms. The number of carbonyl (C=O) groups is 2. The average molecular weight is 752 g/mol. The largest absolute Gasteiger partial charge is 0.494 e. The summed E-state index contributed by atoms with van der Waals surface area (Å²) in [6, 6.07) is 12.9. The highest BCUT2D eigenvalue weighted by atomic mass is 19.1. The van der Waals surface area contributed by atoms with Crippen molar-refractivity contribution < 1.29 is 37.7 Å². The maximum atomic E-state index is 14.6. The van der Waals surface area contributed by atoms with Crippen molar-refractivity contribution in [1.29, 1.82) is 10.8 Å². The van der Waals surface area contributed by atoms with Crippen LogP contribution in [0.5, 0.6) is 5.75 Å². The van der Waals surface area contributed by atoms with Crippen LogP contribution in [0.2, 0.25) is 0 Å². The predicted molar refractivity (Wildman–Crippen MR) is 204 cm³/mol. The third-order valence-electron chi connectivity index (χ3n) is 8.20. The normalized spacial score (nSPS) is 10.8. The zero-order valence-electron chi connectivity index (χ0n) is 31.4. The third kappa shape index (κ3) is 17.2. The van der Waals surface area contributed by atoms with Gasteiger partial charge in [0.2, 0.25) is 0 Å². The van der Waals surface area contributed by atoms with Gasteiger partial charge < -0.3 is 39.2 Å². The second kappa shape index (κ2) is 25.9. The van der Waals surface area contributed by atoms with Crippen molar-refractivity contribution in [1.82, 2.24) is 20.2 Å². The standard InChI is InChI=1S/C39H54FN7O7/c1-47(38(42)35-16-17-43-29-46-35)36(41)28-44-32-12-10-11-30(25-32)39(49)45-27-31-26-33(14-15-34(31)40)54-20-9-4-3-7-18-51-21-23-53-24-22-52-19-8-5-6-13-37(48)50-2/h10-12,14-17,25-26,29,41-42,44H,3-9,13,18-24,27-28H2,1-2H3,(H,45,49). The van der Waals surface area contributed by atoms with Crippen molar-refractivity contribution in [2.45, 2.75) is 57.9 Å². The van der Waals surface area contributed by atoms with Crippen molar-refractivity contribution in [3.05, 3.63) is 83.7 Å². The first kappa shape index (κ1) is 43.4. The van der Waals surface area contributed by atoms with E-state index >= 15 is 0 Å². The summed E-state index contributed by atoms with van der Waals surface area (Å²) >= 11 is 0. The number of methoxy groups -OCH3 is 1. The van der Waals surface area contributed by atoms with Crippen LogP contribution < -0.4 is 15.4 Å². The van der Waals surface area contributed by atoms with Gasteiger partial charge in [0.05, 0.1) is 46.7 Å². The average Bonchev–Trinajstić information content (AvgIpc) is 3.20. The van der Waals surface area contributed by atoms with Crippen molar-refractivity contribution in [3.8, 4) is 5.75 Å². The van der Waals surface area contributed by atoms with E-state index in [-0.39, 0.29) is 36.6 Å². The second-order valence-corrected chi connectivity index (χ2v) is 12.3. The molecule has 0 atom stereocenters. The maximum Gasteiger partial charge on any atom is 0.305 e. The summed E-state index contributed by atoms with van der Waals surface area (Å²) in [5, 5.41) is 22.5. The number of hydrogen-bond acceptors (Lipinski definition) is 12. The number of nitrogens with zero attached hydrogens (tertiary/aromatic N) is 3. The Balaban J connectivity index is 1.22. The fourth-order valence-corrected chi connectivity index (χ4v) is 5.01. The zero-order valence-corrected chi connectivity index (χ0v) is 31.4. The molecule has 4 N–H and O–H groups in total. The summed E-state index contributed by atoms with van der Waals surface area (Å²) in [6.07, 6.45) is 9.76. The summed E-state index contributed by atoms with van der Waals surface area (Å²) in [7, 11) is 3.01. The van der Waals surface area contributed by atoms with E-state index in [0.29, 0.717) is 80.9 Å². The van der Waals surface area contributed by atoms with Crippen LogP contribution in [0.1, 0.15) is 73.0 Å². The fraction of sp³-hybridized carbons (Fsp3) is 0.487. The molecule has 1 amide bonds. The quantitative estimate of drug-likeness (QED) is 0.0329. The van der Waals surface area contributed by atoms with Crippen LogP contribution in [0.15, 0.2) is 61.1 Å². The molecule has 294 valence electrons. The van der Waals surface area contributed by atoms with Crippen LogP contribution in [0.4, 0.5) is 10.1 Å². The van der Waals surface area contributed by atoms with Crippen LogP contribution in [0.3, 0.4) is 0 Å². The lowest BCUT2D eigenvalue weighted by molar-refractivity contribution is -0.140. The van der Waals surface area contributed by atoms with Crippen LogP contribution in [-0.2, 0) is 30.3 Å². The van der Waals surface area contributed by atoms with Crippen LogP contribution in [-0.4, -0.2) is 105 Å². The predicted octanol–water partition coefficient (Wildman–Crippen LogP) is 5.61. The number of amides is 1. The van der Waals surface area contributed by atoms with Gasteiger partial charge in [-0.2, -0.15) is 0 Å². The van der Waals surface area contributed by atoms with Gasteiger partial charge in [0, 0.05) is 56.2 Å². The highest BCUT2D eigenvalue weighted by Gasteiger charge is 2.14. The Bertz CT molecular complexity index is 1580. The highest BCUT2D eigenvalue weighted by molar-refractivity contribution is 6.06. The molecule has 3 aromatic rings. The molecular formula is C39H54FN7O7. The highest BCUT2D eigenvalue weighted by Crippen LogP contribution is 2.18. The first-order valence-electron chi connectivity index (χ1n) is 18.3. The number of likely N-dealkylation sites (N-methyl/N-ethyl adjacent to an activating group) is 1. The number of anilines is 1. The molecule has 14 nitrogen and oxygen atoms in total. The van der Waals surface area contributed by atoms with Crippen molar-refractivity contribution in [2.24, 2.45) is 0 Å². The number of rotatable bonds is 27. The molecule has 0 aliphatic heterocycles. The number of esters is 1. The van der Waals surface area contributed by atoms with Crippen LogP contribution in [0, 0.1) is 16.6 Å². The van der Waals surface area contributed by atoms with Crippen LogP contribution in [0.25, 0.3) is 0 Å². The van der Waals surface area contributed by atoms with Crippen molar-refractivity contribution >= 4 is 29.2 Å². The van der Waals surface area contributed by atoms with Crippen LogP contribution >= 0.6 is 0 Å². The Hall–Kier alpha value is -4.99. The summed E-state index contributed by atoms with van der Waals surface area (Å²) < 4.78 is 41.7. The lowest BCUT2D eigenvalue weighted by Gasteiger charge is -2.20. The van der Waals surface area contributed by atoms with E-state index in [4.69, 9.17) is 29.8 Å². The maximum absolute atomic E-state index is 14.6. The summed E-state index contributed by atoms with van der Waals surface area (Å²) in [5.74, 6) is -0.252. The van der Waals surface area contributed by atoms with E-state index in [1.54, 1.807) is 49.5 Å². The van der Waals surface area contributed by atoms with E-state index in [1.807, 2.05) is 0 Å². The molecule has 3 rings (SSSR count).